The van der Waals surface area contributed by atoms with Crippen molar-refractivity contribution in [3.63, 3.8) is 0 Å². The summed E-state index contributed by atoms with van der Waals surface area (Å²) in [6, 6.07) is 0. The van der Waals surface area contributed by atoms with Crippen LogP contribution in [0, 0.1) is 35.5 Å². The summed E-state index contributed by atoms with van der Waals surface area (Å²) in [7, 11) is 0. The minimum Gasteiger partial charge on any atom is -0.550 e. The van der Waals surface area contributed by atoms with Gasteiger partial charge in [-0.15, -0.1) is 26.3 Å². The molecule has 1 N–H and O–H groups in total. The number of nitrogens with zero attached hydrogens (tertiary/aromatic N) is 2. The smallest absolute Gasteiger partial charge is 0.126 e. The third-order valence-corrected chi connectivity index (χ3v) is 10.5. The predicted molar refractivity (Wildman–Crippen MR) is 205 cm³/mol. The first-order chi connectivity index (χ1) is 22.9. The van der Waals surface area contributed by atoms with Crippen LogP contribution in [0.4, 0.5) is 0 Å². The van der Waals surface area contributed by atoms with Crippen molar-refractivity contribution in [2.24, 2.45) is 35.5 Å². The van der Waals surface area contributed by atoms with E-state index in [1.807, 2.05) is 0 Å². The number of aliphatic hydroxyl groups excluding tert-OH is 1. The third kappa shape index (κ3) is 21.2. The summed E-state index contributed by atoms with van der Waals surface area (Å²) < 4.78 is 17.6. The van der Waals surface area contributed by atoms with Gasteiger partial charge < -0.3 is 38.6 Å². The molecule has 0 aromatic carbocycles. The molecule has 0 amide bonds. The van der Waals surface area contributed by atoms with Crippen molar-refractivity contribution in [3.05, 3.63) is 50.6 Å². The van der Waals surface area contributed by atoms with Gasteiger partial charge >= 0.3 is 0 Å². The Kier molecular flexibility index (Phi) is 29.0. The topological polar surface area (TPSA) is 94.6 Å². The highest BCUT2D eigenvalue weighted by Gasteiger charge is 2.33. The van der Waals surface area contributed by atoms with Gasteiger partial charge in [0.15, 0.2) is 0 Å². The molecule has 8 atom stereocenters. The fourth-order valence-corrected chi connectivity index (χ4v) is 6.85. The molecule has 3 fully saturated rings. The molecule has 8 unspecified atom stereocenters. The number of carbonyl (C=O) groups is 1. The molecule has 0 spiro atoms. The van der Waals surface area contributed by atoms with Crippen LogP contribution in [0.3, 0.4) is 0 Å². The van der Waals surface area contributed by atoms with Crippen molar-refractivity contribution in [1.29, 1.82) is 0 Å². The molecule has 3 aliphatic rings. The highest BCUT2D eigenvalue weighted by molar-refractivity contribution is 5.60. The maximum atomic E-state index is 10.3. The van der Waals surface area contributed by atoms with E-state index < -0.39 is 5.97 Å². The Morgan fingerprint density at radius 3 is 1.53 bits per heavy atom. The number of aliphatic hydroxyl groups is 1. The van der Waals surface area contributed by atoms with Crippen molar-refractivity contribution in [3.8, 4) is 0 Å². The van der Waals surface area contributed by atoms with E-state index in [0.717, 1.165) is 76.9 Å². The Bertz CT molecular complexity index is 852. The molecule has 49 heavy (non-hydrogen) atoms. The van der Waals surface area contributed by atoms with Crippen LogP contribution in [0.15, 0.2) is 50.6 Å². The van der Waals surface area contributed by atoms with Gasteiger partial charge in [-0.25, -0.2) is 0 Å². The van der Waals surface area contributed by atoms with Gasteiger partial charge in [0.2, 0.25) is 0 Å². The van der Waals surface area contributed by atoms with Crippen molar-refractivity contribution in [1.82, 2.24) is 4.90 Å². The minimum atomic E-state index is -1.08. The largest absolute Gasteiger partial charge is 0.550 e. The summed E-state index contributed by atoms with van der Waals surface area (Å²) in [6.07, 6.45) is 12.9. The van der Waals surface area contributed by atoms with Crippen LogP contribution in [0.5, 0.6) is 0 Å². The molecule has 288 valence electrons. The molecule has 1 heterocycles. The van der Waals surface area contributed by atoms with Gasteiger partial charge in [-0.1, -0.05) is 52.5 Å². The Morgan fingerprint density at radius 2 is 1.22 bits per heavy atom. The number of carboxylic acid groups (broad SMARTS) is 1. The van der Waals surface area contributed by atoms with Gasteiger partial charge in [0, 0.05) is 5.97 Å². The van der Waals surface area contributed by atoms with E-state index in [-0.39, 0.29) is 13.5 Å². The van der Waals surface area contributed by atoms with Gasteiger partial charge in [0.1, 0.15) is 18.8 Å². The van der Waals surface area contributed by atoms with E-state index in [0.29, 0.717) is 48.2 Å². The first-order valence-electron chi connectivity index (χ1n) is 18.7. The molecular weight excluding hydrogens is 616 g/mol. The standard InChI is InChI=1S/C19H36NO2.C13H20O2.C6H15N.C2H4O2.CH4/c1-6-16-11-17(7-2)18(12-16)14-22-15-19(21)13-20(8-3,9-4)10-5;1-3-10-5-11(4-2)12(6-10)7-14-8-13-9-15-13;1-4-7(5-2)6-3;1-2(3)4;/h6-7,16-19,21H,1-2,8-15H2,3-5H3;3-4,10-13H,1-2,5-9H2;4-6H2,1-3H3;1H3,(H,3,4);1H4/q+1;;;;/p-1. The molecule has 1 aliphatic heterocycles. The minimum absolute atomic E-state index is 0. The lowest BCUT2D eigenvalue weighted by molar-refractivity contribution is -0.926. The highest BCUT2D eigenvalue weighted by atomic mass is 16.6. The van der Waals surface area contributed by atoms with E-state index in [1.165, 1.54) is 32.5 Å². The van der Waals surface area contributed by atoms with Crippen molar-refractivity contribution in [2.45, 2.75) is 93.8 Å². The first-order valence-corrected chi connectivity index (χ1v) is 18.7. The molecule has 0 aromatic rings. The van der Waals surface area contributed by atoms with Crippen LogP contribution < -0.4 is 5.11 Å². The summed E-state index contributed by atoms with van der Waals surface area (Å²) in [5, 5.41) is 19.2. The second kappa shape index (κ2) is 28.8. The monoisotopic (exact) mass is 695 g/mol. The number of allylic oxidation sites excluding steroid dienone is 4. The average Bonchev–Trinajstić information content (AvgIpc) is 3.68. The van der Waals surface area contributed by atoms with E-state index in [2.05, 4.69) is 97.1 Å². The Hall–Kier alpha value is -1.81. The number of ether oxygens (including phenoxy) is 3. The summed E-state index contributed by atoms with van der Waals surface area (Å²) in [5.41, 5.74) is 0. The Labute approximate surface area is 302 Å². The number of carboxylic acids is 1. The van der Waals surface area contributed by atoms with Crippen LogP contribution in [-0.4, -0.2) is 112 Å². The van der Waals surface area contributed by atoms with Gasteiger partial charge in [-0.05, 0) is 109 Å². The molecular formula is C41H78N2O6. The highest BCUT2D eigenvalue weighted by Crippen LogP contribution is 2.38. The van der Waals surface area contributed by atoms with Gasteiger partial charge in [-0.2, -0.15) is 0 Å². The number of rotatable bonds is 20. The van der Waals surface area contributed by atoms with E-state index >= 15 is 0 Å². The third-order valence-electron chi connectivity index (χ3n) is 10.5. The van der Waals surface area contributed by atoms with Gasteiger partial charge in [0.05, 0.1) is 52.7 Å². The summed E-state index contributed by atoms with van der Waals surface area (Å²) in [5.74, 6) is 2.44. The average molecular weight is 695 g/mol. The lowest BCUT2D eigenvalue weighted by Crippen LogP contribution is -2.52. The van der Waals surface area contributed by atoms with Crippen molar-refractivity contribution >= 4 is 5.97 Å². The number of likely N-dealkylation sites (N-methyl/N-ethyl adjacent to an activating group) is 1. The predicted octanol–water partition coefficient (Wildman–Crippen LogP) is 6.41. The molecule has 0 radical (unpaired) electrons. The molecule has 8 heteroatoms. The molecule has 0 bridgehead atoms. The fourth-order valence-electron chi connectivity index (χ4n) is 6.85. The molecule has 1 saturated heterocycles. The molecule has 8 nitrogen and oxygen atoms in total. The van der Waals surface area contributed by atoms with Crippen molar-refractivity contribution in [2.75, 3.05) is 78.8 Å². The second-order valence-corrected chi connectivity index (χ2v) is 13.5. The van der Waals surface area contributed by atoms with Crippen LogP contribution >= 0.6 is 0 Å². The van der Waals surface area contributed by atoms with E-state index in [9.17, 15) is 5.11 Å². The normalized spacial score (nSPS) is 25.9. The van der Waals surface area contributed by atoms with E-state index in [4.69, 9.17) is 24.1 Å². The number of aliphatic carboxylic acids is 1. The summed E-state index contributed by atoms with van der Waals surface area (Å²) in [4.78, 5) is 11.3. The summed E-state index contributed by atoms with van der Waals surface area (Å²) in [6.45, 7) is 40.9. The zero-order chi connectivity index (χ0) is 36.5. The maximum Gasteiger partial charge on any atom is 0.126 e. The molecule has 3 rings (SSSR count). The van der Waals surface area contributed by atoms with Gasteiger partial charge in [-0.3, -0.25) is 0 Å². The Morgan fingerprint density at radius 1 is 0.816 bits per heavy atom. The Balaban J connectivity index is 0. The van der Waals surface area contributed by atoms with Crippen LogP contribution in [0.25, 0.3) is 0 Å². The number of carbonyl (C=O) groups excluding carboxylic acids is 1. The lowest BCUT2D eigenvalue weighted by atomic mass is 9.97. The van der Waals surface area contributed by atoms with Crippen LogP contribution in [0.1, 0.15) is 81.6 Å². The number of hydrogen-bond acceptors (Lipinski definition) is 7. The zero-order valence-corrected chi connectivity index (χ0v) is 32.0. The maximum absolute atomic E-state index is 10.3. The fraction of sp³-hybridized carbons (Fsp3) is 0.780. The molecule has 2 aliphatic carbocycles. The molecule has 0 aromatic heterocycles. The summed E-state index contributed by atoms with van der Waals surface area (Å²) >= 11 is 0. The van der Waals surface area contributed by atoms with Gasteiger partial charge in [0.25, 0.3) is 0 Å². The molecule has 2 saturated carbocycles. The lowest BCUT2D eigenvalue weighted by Gasteiger charge is -2.37. The SMILES string of the molecule is C.C=CC1CC(C=C)C(COCC(O)C[N+](CC)(CC)CC)C1.C=CC1CC(C=C)C(COCC2CO2)C1.CC(=O)[O-].CCN(CC)CC. The quantitative estimate of drug-likeness (QED) is 0.0895. The second-order valence-electron chi connectivity index (χ2n) is 13.5. The zero-order valence-electron chi connectivity index (χ0n) is 32.0. The van der Waals surface area contributed by atoms with Crippen LogP contribution in [-0.2, 0) is 19.0 Å². The van der Waals surface area contributed by atoms with E-state index in [1.54, 1.807) is 0 Å². The number of quaternary nitrogens is 1. The number of epoxide rings is 1. The van der Waals surface area contributed by atoms with Crippen molar-refractivity contribution < 1.29 is 33.7 Å². The van der Waals surface area contributed by atoms with Crippen LogP contribution in [0.2, 0.25) is 0 Å². The first kappa shape index (κ1) is 49.3. The number of hydrogen-bond donors (Lipinski definition) is 1.